The van der Waals surface area contributed by atoms with Gasteiger partial charge in [0.05, 0.1) is 24.3 Å². The quantitative estimate of drug-likeness (QED) is 0.238. The van der Waals surface area contributed by atoms with Gasteiger partial charge >= 0.3 is 0 Å². The van der Waals surface area contributed by atoms with Crippen molar-refractivity contribution in [2.75, 3.05) is 6.54 Å². The summed E-state index contributed by atoms with van der Waals surface area (Å²) in [5.41, 5.74) is 4.09. The highest BCUT2D eigenvalue weighted by molar-refractivity contribution is 6.31. The summed E-state index contributed by atoms with van der Waals surface area (Å²) in [5, 5.41) is 0.695. The zero-order valence-electron chi connectivity index (χ0n) is 20.2. The average molecular weight is 498 g/mol. The third-order valence-corrected chi connectivity index (χ3v) is 6.66. The molecule has 0 aliphatic rings. The second-order valence-corrected chi connectivity index (χ2v) is 9.15. The lowest BCUT2D eigenvalue weighted by Gasteiger charge is -2.24. The van der Waals surface area contributed by atoms with Gasteiger partial charge < -0.3 is 14.0 Å². The van der Waals surface area contributed by atoms with E-state index < -0.39 is 0 Å². The largest absolute Gasteiger partial charge is 0.331 e. The maximum absolute atomic E-state index is 13.9. The molecule has 0 spiro atoms. The smallest absolute Gasteiger partial charge is 0.256 e. The molecular weight excluding hydrogens is 470 g/mol. The van der Waals surface area contributed by atoms with Gasteiger partial charge in [-0.2, -0.15) is 0 Å². The predicted octanol–water partition coefficient (Wildman–Crippen LogP) is 6.37. The number of carbonyl (C=O) groups excluding carboxylic acids is 1. The van der Waals surface area contributed by atoms with Gasteiger partial charge in [-0.15, -0.1) is 0 Å². The number of nitrogens with zero attached hydrogens (tertiary/aromatic N) is 5. The Kier molecular flexibility index (Phi) is 7.14. The highest BCUT2D eigenvalue weighted by Gasteiger charge is 2.23. The number of unbranched alkanes of at least 4 members (excludes halogenated alkanes) is 1. The number of hydrogen-bond donors (Lipinski definition) is 0. The first-order valence-electron chi connectivity index (χ1n) is 12.2. The number of aromatic nitrogens is 4. The van der Waals surface area contributed by atoms with E-state index in [0.29, 0.717) is 30.2 Å². The van der Waals surface area contributed by atoms with Crippen molar-refractivity contribution >= 4 is 28.7 Å². The number of fused-ring (bicyclic) bond motifs is 1. The van der Waals surface area contributed by atoms with Crippen LogP contribution < -0.4 is 0 Å². The van der Waals surface area contributed by atoms with Crippen molar-refractivity contribution in [2.45, 2.75) is 32.9 Å². The molecule has 0 saturated carbocycles. The van der Waals surface area contributed by atoms with Crippen LogP contribution >= 0.6 is 11.6 Å². The van der Waals surface area contributed by atoms with Crippen molar-refractivity contribution in [1.82, 2.24) is 24.0 Å². The molecule has 0 bridgehead atoms. The molecule has 36 heavy (non-hydrogen) atoms. The Labute approximate surface area is 215 Å². The van der Waals surface area contributed by atoms with E-state index >= 15 is 0 Å². The number of amides is 1. The summed E-state index contributed by atoms with van der Waals surface area (Å²) < 4.78 is 4.04. The standard InChI is InChI=1S/C29H28ClN5O/c1-2-3-17-34(29(36)23-12-5-7-15-26(23)33-18-8-9-19-33)21-27-32-25-14-10-16-31-28(25)35(27)20-22-11-4-6-13-24(22)30/h4-16,18-19H,2-3,17,20-21H2,1H3. The monoisotopic (exact) mass is 497 g/mol. The van der Waals surface area contributed by atoms with Crippen LogP contribution in [0.4, 0.5) is 0 Å². The topological polar surface area (TPSA) is 56.0 Å². The lowest BCUT2D eigenvalue weighted by atomic mass is 10.1. The molecule has 0 unspecified atom stereocenters. The summed E-state index contributed by atoms with van der Waals surface area (Å²) in [7, 11) is 0. The van der Waals surface area contributed by atoms with Gasteiger partial charge in [0.1, 0.15) is 11.3 Å². The van der Waals surface area contributed by atoms with Crippen LogP contribution in [0, 0.1) is 0 Å². The second kappa shape index (κ2) is 10.8. The molecule has 0 N–H and O–H groups in total. The van der Waals surface area contributed by atoms with Crippen LogP contribution in [0.3, 0.4) is 0 Å². The van der Waals surface area contributed by atoms with E-state index in [-0.39, 0.29) is 5.91 Å². The Morgan fingerprint density at radius 2 is 1.75 bits per heavy atom. The number of hydrogen-bond acceptors (Lipinski definition) is 3. The van der Waals surface area contributed by atoms with Crippen LogP contribution in [-0.2, 0) is 13.1 Å². The van der Waals surface area contributed by atoms with Gasteiger partial charge in [-0.25, -0.2) is 9.97 Å². The summed E-state index contributed by atoms with van der Waals surface area (Å²) in [6, 6.07) is 23.3. The minimum absolute atomic E-state index is 0.0166. The number of pyridine rings is 1. The molecular formula is C29H28ClN5O. The van der Waals surface area contributed by atoms with E-state index in [4.69, 9.17) is 16.6 Å². The van der Waals surface area contributed by atoms with Crippen LogP contribution in [0.5, 0.6) is 0 Å². The summed E-state index contributed by atoms with van der Waals surface area (Å²) in [4.78, 5) is 25.3. The molecule has 0 aliphatic carbocycles. The normalized spacial score (nSPS) is 11.2. The van der Waals surface area contributed by atoms with E-state index in [9.17, 15) is 4.79 Å². The van der Waals surface area contributed by atoms with Crippen LogP contribution in [-0.4, -0.2) is 36.5 Å². The number of benzene rings is 2. The second-order valence-electron chi connectivity index (χ2n) is 8.74. The van der Waals surface area contributed by atoms with Crippen LogP contribution in [0.1, 0.15) is 41.5 Å². The van der Waals surface area contributed by atoms with Gasteiger partial charge in [0.25, 0.3) is 5.91 Å². The number of halogens is 1. The van der Waals surface area contributed by atoms with Crippen LogP contribution in [0.25, 0.3) is 16.9 Å². The van der Waals surface area contributed by atoms with Crippen LogP contribution in [0.2, 0.25) is 5.02 Å². The van der Waals surface area contributed by atoms with Crippen molar-refractivity contribution in [1.29, 1.82) is 0 Å². The fourth-order valence-corrected chi connectivity index (χ4v) is 4.60. The Balaban J connectivity index is 1.53. The third kappa shape index (κ3) is 4.90. The molecule has 6 nitrogen and oxygen atoms in total. The van der Waals surface area contributed by atoms with Crippen molar-refractivity contribution < 1.29 is 4.79 Å². The molecule has 3 heterocycles. The zero-order valence-corrected chi connectivity index (χ0v) is 21.0. The molecule has 2 aromatic carbocycles. The van der Waals surface area contributed by atoms with Gasteiger partial charge in [-0.05, 0) is 54.4 Å². The molecule has 182 valence electrons. The van der Waals surface area contributed by atoms with E-state index in [1.165, 1.54) is 0 Å². The molecule has 5 aromatic rings. The molecule has 1 amide bonds. The Morgan fingerprint density at radius 1 is 0.972 bits per heavy atom. The molecule has 0 aliphatic heterocycles. The van der Waals surface area contributed by atoms with E-state index in [2.05, 4.69) is 16.5 Å². The Hall–Kier alpha value is -3.90. The van der Waals surface area contributed by atoms with Gasteiger partial charge in [0.2, 0.25) is 0 Å². The Morgan fingerprint density at radius 3 is 2.56 bits per heavy atom. The number of rotatable bonds is 9. The molecule has 7 heteroatoms. The Bertz CT molecular complexity index is 1470. The van der Waals surface area contributed by atoms with Gasteiger partial charge in [-0.1, -0.05) is 55.3 Å². The van der Waals surface area contributed by atoms with Gasteiger partial charge in [0.15, 0.2) is 5.65 Å². The van der Waals surface area contributed by atoms with Crippen molar-refractivity contribution in [3.63, 3.8) is 0 Å². The minimum atomic E-state index is -0.0166. The minimum Gasteiger partial charge on any atom is -0.331 e. The summed E-state index contributed by atoms with van der Waals surface area (Å²) in [5.74, 6) is 0.767. The van der Waals surface area contributed by atoms with Gasteiger partial charge in [0, 0.05) is 30.2 Å². The first-order valence-corrected chi connectivity index (χ1v) is 12.6. The predicted molar refractivity (Wildman–Crippen MR) is 143 cm³/mol. The molecule has 0 saturated heterocycles. The summed E-state index contributed by atoms with van der Waals surface area (Å²) >= 11 is 6.49. The molecule has 0 fully saturated rings. The lowest BCUT2D eigenvalue weighted by Crippen LogP contribution is -2.33. The van der Waals surface area contributed by atoms with Crippen molar-refractivity contribution in [3.05, 3.63) is 113 Å². The number of carbonyl (C=O) groups is 1. The third-order valence-electron chi connectivity index (χ3n) is 6.29. The van der Waals surface area contributed by atoms with Crippen molar-refractivity contribution in [3.8, 4) is 5.69 Å². The van der Waals surface area contributed by atoms with E-state index in [0.717, 1.165) is 41.1 Å². The summed E-state index contributed by atoms with van der Waals surface area (Å²) in [6.45, 7) is 3.67. The number of imidazole rings is 1. The van der Waals surface area contributed by atoms with Crippen LogP contribution in [0.15, 0.2) is 91.4 Å². The molecule has 0 radical (unpaired) electrons. The highest BCUT2D eigenvalue weighted by atomic mass is 35.5. The highest BCUT2D eigenvalue weighted by Crippen LogP contribution is 2.23. The fourth-order valence-electron chi connectivity index (χ4n) is 4.41. The average Bonchev–Trinajstić information content (AvgIpc) is 3.56. The van der Waals surface area contributed by atoms with E-state index in [1.807, 2.05) is 94.7 Å². The SMILES string of the molecule is CCCCN(Cc1nc2cccnc2n1Cc1ccccc1Cl)C(=O)c1ccccc1-n1cccc1. The fraction of sp³-hybridized carbons (Fsp3) is 0.207. The maximum atomic E-state index is 13.9. The summed E-state index contributed by atoms with van der Waals surface area (Å²) in [6.07, 6.45) is 7.57. The first kappa shape index (κ1) is 23.8. The van der Waals surface area contributed by atoms with E-state index in [1.54, 1.807) is 6.20 Å². The first-order chi connectivity index (χ1) is 17.7. The van der Waals surface area contributed by atoms with Gasteiger partial charge in [-0.3, -0.25) is 4.79 Å². The van der Waals surface area contributed by atoms with Crippen molar-refractivity contribution in [2.24, 2.45) is 0 Å². The zero-order chi connectivity index (χ0) is 24.9. The number of para-hydroxylation sites is 1. The molecule has 3 aromatic heterocycles. The maximum Gasteiger partial charge on any atom is 0.256 e. The lowest BCUT2D eigenvalue weighted by molar-refractivity contribution is 0.0735. The molecule has 5 rings (SSSR count). The molecule has 0 atom stereocenters.